The minimum atomic E-state index is -0.715. The van der Waals surface area contributed by atoms with E-state index in [1.54, 1.807) is 11.3 Å². The molecule has 0 fully saturated rings. The maximum atomic E-state index is 10.9. The first kappa shape index (κ1) is 9.65. The number of carbonyl (C=O) groups excluding carboxylic acids is 1. The molecule has 0 bridgehead atoms. The van der Waals surface area contributed by atoms with Crippen LogP contribution in [0.2, 0.25) is 0 Å². The third-order valence-corrected chi connectivity index (χ3v) is 3.31. The van der Waals surface area contributed by atoms with E-state index in [1.165, 1.54) is 0 Å². The first-order valence-electron chi connectivity index (χ1n) is 4.11. The van der Waals surface area contributed by atoms with Crippen molar-refractivity contribution in [3.05, 3.63) is 35.2 Å². The smallest absolute Gasteiger partial charge is 0.242 e. The number of hydrogen-bond acceptors (Lipinski definition) is 3. The molecule has 0 saturated carbocycles. The highest BCUT2D eigenvalue weighted by Crippen LogP contribution is 2.29. The van der Waals surface area contributed by atoms with E-state index < -0.39 is 11.3 Å². The van der Waals surface area contributed by atoms with Gasteiger partial charge in [-0.2, -0.15) is 0 Å². The zero-order valence-electron chi connectivity index (χ0n) is 7.24. The summed E-state index contributed by atoms with van der Waals surface area (Å²) in [6.45, 7) is 0. The zero-order valence-corrected chi connectivity index (χ0v) is 8.81. The van der Waals surface area contributed by atoms with E-state index in [1.807, 2.05) is 29.6 Å². The Kier molecular flexibility index (Phi) is 2.54. The van der Waals surface area contributed by atoms with E-state index in [0.717, 1.165) is 15.6 Å². The summed E-state index contributed by atoms with van der Waals surface area (Å²) in [6.07, 6.45) is 0. The number of halogens is 1. The van der Waals surface area contributed by atoms with Gasteiger partial charge in [-0.3, -0.25) is 4.79 Å². The number of benzene rings is 1. The molecule has 1 aromatic heterocycles. The van der Waals surface area contributed by atoms with Crippen LogP contribution in [-0.2, 0) is 4.79 Å². The Labute approximate surface area is 90.3 Å². The number of fused-ring (bicyclic) bond motifs is 1. The average molecular weight is 226 g/mol. The lowest BCUT2D eigenvalue weighted by Crippen LogP contribution is -2.16. The molecule has 0 radical (unpaired) electrons. The highest BCUT2D eigenvalue weighted by atomic mass is 35.5. The lowest BCUT2D eigenvalue weighted by atomic mass is 10.1. The van der Waals surface area contributed by atoms with Crippen LogP contribution in [0.15, 0.2) is 29.6 Å². The Morgan fingerprint density at radius 2 is 2.14 bits per heavy atom. The molecule has 0 spiro atoms. The molecule has 1 heterocycles. The molecule has 1 aromatic carbocycles. The molecule has 2 rings (SSSR count). The molecule has 0 aliphatic heterocycles. The fourth-order valence-corrected chi connectivity index (χ4v) is 2.48. The number of carbonyl (C=O) groups is 1. The molecular formula is C10H8ClNOS. The minimum Gasteiger partial charge on any atom is -0.317 e. The fraction of sp³-hybridized carbons (Fsp3) is 0.100. The molecule has 0 aliphatic rings. The third kappa shape index (κ3) is 1.54. The quantitative estimate of drug-likeness (QED) is 0.799. The van der Waals surface area contributed by atoms with Gasteiger partial charge in [0.05, 0.1) is 0 Å². The van der Waals surface area contributed by atoms with Gasteiger partial charge in [0, 0.05) is 4.70 Å². The van der Waals surface area contributed by atoms with Crippen LogP contribution in [0.1, 0.15) is 11.6 Å². The van der Waals surface area contributed by atoms with Crippen LogP contribution in [0, 0.1) is 0 Å². The molecule has 0 amide bonds. The summed E-state index contributed by atoms with van der Waals surface area (Å²) in [5.74, 6) is 0. The van der Waals surface area contributed by atoms with Gasteiger partial charge in [-0.05, 0) is 34.0 Å². The Balaban J connectivity index is 2.58. The van der Waals surface area contributed by atoms with E-state index in [-0.39, 0.29) is 0 Å². The van der Waals surface area contributed by atoms with Gasteiger partial charge in [0.2, 0.25) is 5.24 Å². The maximum absolute atomic E-state index is 10.9. The molecule has 2 nitrogen and oxygen atoms in total. The van der Waals surface area contributed by atoms with Crippen molar-refractivity contribution in [1.29, 1.82) is 0 Å². The van der Waals surface area contributed by atoms with Crippen molar-refractivity contribution < 1.29 is 4.79 Å². The van der Waals surface area contributed by atoms with E-state index in [0.29, 0.717) is 0 Å². The van der Waals surface area contributed by atoms with Gasteiger partial charge in [-0.25, -0.2) is 0 Å². The second-order valence-corrected chi connectivity index (χ2v) is 4.25. The second kappa shape index (κ2) is 3.69. The van der Waals surface area contributed by atoms with Crippen LogP contribution in [0.5, 0.6) is 0 Å². The molecule has 14 heavy (non-hydrogen) atoms. The number of nitrogens with two attached hydrogens (primary N) is 1. The Bertz CT molecular complexity index is 480. The first-order valence-corrected chi connectivity index (χ1v) is 5.37. The largest absolute Gasteiger partial charge is 0.317 e. The minimum absolute atomic E-state index is 0.520. The van der Waals surface area contributed by atoms with Crippen LogP contribution in [0.25, 0.3) is 10.1 Å². The SMILES string of the molecule is NC(C(=O)Cl)c1csc2ccccc12. The molecule has 1 unspecified atom stereocenters. The van der Waals surface area contributed by atoms with Crippen LogP contribution < -0.4 is 5.73 Å². The van der Waals surface area contributed by atoms with Crippen molar-refractivity contribution in [2.24, 2.45) is 5.73 Å². The van der Waals surface area contributed by atoms with Gasteiger partial charge >= 0.3 is 0 Å². The van der Waals surface area contributed by atoms with E-state index >= 15 is 0 Å². The van der Waals surface area contributed by atoms with Gasteiger partial charge < -0.3 is 5.73 Å². The molecule has 4 heteroatoms. The average Bonchev–Trinajstić information content (AvgIpc) is 2.60. The van der Waals surface area contributed by atoms with Crippen molar-refractivity contribution in [2.45, 2.75) is 6.04 Å². The summed E-state index contributed by atoms with van der Waals surface area (Å²) in [7, 11) is 0. The summed E-state index contributed by atoms with van der Waals surface area (Å²) >= 11 is 6.93. The lowest BCUT2D eigenvalue weighted by molar-refractivity contribution is -0.112. The monoisotopic (exact) mass is 225 g/mol. The predicted octanol–water partition coefficient (Wildman–Crippen LogP) is 2.67. The van der Waals surface area contributed by atoms with E-state index in [4.69, 9.17) is 17.3 Å². The Morgan fingerprint density at radius 3 is 2.86 bits per heavy atom. The van der Waals surface area contributed by atoms with Crippen molar-refractivity contribution in [2.75, 3.05) is 0 Å². The van der Waals surface area contributed by atoms with Crippen LogP contribution in [0.4, 0.5) is 0 Å². The van der Waals surface area contributed by atoms with E-state index in [9.17, 15) is 4.79 Å². The normalized spacial score (nSPS) is 13.0. The van der Waals surface area contributed by atoms with Crippen molar-refractivity contribution in [3.63, 3.8) is 0 Å². The molecular weight excluding hydrogens is 218 g/mol. The third-order valence-electron chi connectivity index (χ3n) is 2.09. The summed E-state index contributed by atoms with van der Waals surface area (Å²) < 4.78 is 1.12. The van der Waals surface area contributed by atoms with Crippen LogP contribution in [-0.4, -0.2) is 5.24 Å². The Hall–Kier alpha value is -0.900. The van der Waals surface area contributed by atoms with Crippen LogP contribution in [0.3, 0.4) is 0 Å². The summed E-state index contributed by atoms with van der Waals surface area (Å²) in [4.78, 5) is 10.9. The molecule has 72 valence electrons. The van der Waals surface area contributed by atoms with Gasteiger partial charge in [-0.15, -0.1) is 11.3 Å². The summed E-state index contributed by atoms with van der Waals surface area (Å²) in [6, 6.07) is 7.10. The molecule has 1 atom stereocenters. The molecule has 2 N–H and O–H groups in total. The van der Waals surface area contributed by atoms with Gasteiger partial charge in [0.15, 0.2) is 0 Å². The summed E-state index contributed by atoms with van der Waals surface area (Å²) in [5.41, 5.74) is 6.48. The first-order chi connectivity index (χ1) is 6.70. The fourth-order valence-electron chi connectivity index (χ4n) is 1.36. The number of thiophene rings is 1. The highest BCUT2D eigenvalue weighted by Gasteiger charge is 2.16. The molecule has 2 aromatic rings. The second-order valence-electron chi connectivity index (χ2n) is 2.97. The summed E-state index contributed by atoms with van der Waals surface area (Å²) in [5, 5.41) is 2.38. The molecule has 0 saturated heterocycles. The molecule has 0 aliphatic carbocycles. The predicted molar refractivity (Wildman–Crippen MR) is 59.6 cm³/mol. The van der Waals surface area contributed by atoms with Crippen LogP contribution >= 0.6 is 22.9 Å². The van der Waals surface area contributed by atoms with Crippen molar-refractivity contribution >= 4 is 38.3 Å². The zero-order chi connectivity index (χ0) is 10.1. The topological polar surface area (TPSA) is 43.1 Å². The van der Waals surface area contributed by atoms with Gasteiger partial charge in [-0.1, -0.05) is 18.2 Å². The van der Waals surface area contributed by atoms with Crippen molar-refractivity contribution in [3.8, 4) is 0 Å². The standard InChI is InChI=1S/C10H8ClNOS/c11-10(13)9(12)7-5-14-8-4-2-1-3-6(7)8/h1-5,9H,12H2. The van der Waals surface area contributed by atoms with Gasteiger partial charge in [0.25, 0.3) is 0 Å². The lowest BCUT2D eigenvalue weighted by Gasteiger charge is -2.03. The number of hydrogen-bond donors (Lipinski definition) is 1. The van der Waals surface area contributed by atoms with Gasteiger partial charge in [0.1, 0.15) is 6.04 Å². The Morgan fingerprint density at radius 1 is 1.43 bits per heavy atom. The highest BCUT2D eigenvalue weighted by molar-refractivity contribution is 7.17. The maximum Gasteiger partial charge on any atom is 0.242 e. The number of rotatable bonds is 2. The van der Waals surface area contributed by atoms with E-state index in [2.05, 4.69) is 0 Å². The van der Waals surface area contributed by atoms with Crippen molar-refractivity contribution in [1.82, 2.24) is 0 Å².